The molecule has 0 aliphatic carbocycles. The Morgan fingerprint density at radius 1 is 0.871 bits per heavy atom. The van der Waals surface area contributed by atoms with Crippen molar-refractivity contribution in [3.63, 3.8) is 0 Å². The van der Waals surface area contributed by atoms with Gasteiger partial charge in [0, 0.05) is 56.0 Å². The molecule has 5 rings (SSSR count). The van der Waals surface area contributed by atoms with Gasteiger partial charge in [-0.15, -0.1) is 0 Å². The number of carbonyl (C=O) groups is 1. The first-order valence-corrected chi connectivity index (χ1v) is 10.9. The summed E-state index contributed by atoms with van der Waals surface area (Å²) in [5.41, 5.74) is 1.95. The molecule has 1 aromatic carbocycles. The molecule has 2 fully saturated rings. The van der Waals surface area contributed by atoms with Gasteiger partial charge in [-0.25, -0.2) is 0 Å². The number of ether oxygens (including phenoxy) is 1. The molecule has 0 unspecified atom stereocenters. The number of benzene rings is 1. The van der Waals surface area contributed by atoms with Crippen LogP contribution in [0.4, 0.5) is 0 Å². The van der Waals surface area contributed by atoms with E-state index in [1.165, 1.54) is 5.56 Å². The van der Waals surface area contributed by atoms with Crippen LogP contribution in [0.25, 0.3) is 0 Å². The Hall–Kier alpha value is -3.25. The minimum Gasteiger partial charge on any atom is -0.487 e. The predicted molar refractivity (Wildman–Crippen MR) is 118 cm³/mol. The molecule has 0 saturated carbocycles. The first-order valence-electron chi connectivity index (χ1n) is 10.9. The molecule has 6 heteroatoms. The maximum atomic E-state index is 12.8. The number of pyridine rings is 2. The molecule has 4 heterocycles. The summed E-state index contributed by atoms with van der Waals surface area (Å²) < 4.78 is 6.32. The van der Waals surface area contributed by atoms with Gasteiger partial charge in [0.15, 0.2) is 0 Å². The summed E-state index contributed by atoms with van der Waals surface area (Å²) in [5.74, 6) is 1.00. The van der Waals surface area contributed by atoms with Crippen molar-refractivity contribution in [2.75, 3.05) is 19.6 Å². The molecule has 3 aromatic rings. The van der Waals surface area contributed by atoms with Gasteiger partial charge in [-0.05, 0) is 54.8 Å². The maximum Gasteiger partial charge on any atom is 0.253 e. The fourth-order valence-corrected chi connectivity index (χ4v) is 4.69. The van der Waals surface area contributed by atoms with E-state index in [4.69, 9.17) is 4.74 Å². The van der Waals surface area contributed by atoms with Crippen LogP contribution < -0.4 is 4.74 Å². The van der Waals surface area contributed by atoms with E-state index in [2.05, 4.69) is 27.0 Å². The molecule has 2 aliphatic rings. The lowest BCUT2D eigenvalue weighted by molar-refractivity contribution is -0.0842. The van der Waals surface area contributed by atoms with Crippen molar-refractivity contribution in [2.24, 2.45) is 0 Å². The lowest BCUT2D eigenvalue weighted by atomic mass is 9.87. The Kier molecular flexibility index (Phi) is 5.63. The number of amides is 1. The van der Waals surface area contributed by atoms with Crippen molar-refractivity contribution in [3.05, 3.63) is 90.5 Å². The van der Waals surface area contributed by atoms with E-state index in [9.17, 15) is 4.79 Å². The molecule has 2 aliphatic heterocycles. The summed E-state index contributed by atoms with van der Waals surface area (Å²) in [6.07, 6.45) is 9.09. The second kappa shape index (κ2) is 8.86. The Morgan fingerprint density at radius 3 is 2.19 bits per heavy atom. The van der Waals surface area contributed by atoms with Crippen LogP contribution in [0.1, 0.15) is 34.8 Å². The molecule has 0 spiro atoms. The molecule has 0 radical (unpaired) electrons. The highest BCUT2D eigenvalue weighted by Crippen LogP contribution is 2.40. The molecule has 1 amide bonds. The summed E-state index contributed by atoms with van der Waals surface area (Å²) in [7, 11) is 0. The van der Waals surface area contributed by atoms with Crippen molar-refractivity contribution in [1.29, 1.82) is 0 Å². The lowest BCUT2D eigenvalue weighted by Crippen LogP contribution is -2.61. The summed E-state index contributed by atoms with van der Waals surface area (Å²) in [5, 5.41) is 0. The molecule has 2 aromatic heterocycles. The van der Waals surface area contributed by atoms with Crippen LogP contribution in [0.2, 0.25) is 0 Å². The number of para-hydroxylation sites is 1. The Balaban J connectivity index is 1.26. The average Bonchev–Trinajstić information content (AvgIpc) is 2.83. The molecule has 2 atom stereocenters. The lowest BCUT2D eigenvalue weighted by Gasteiger charge is -2.53. The second-order valence-corrected chi connectivity index (χ2v) is 8.15. The monoisotopic (exact) mass is 414 g/mol. The number of nitrogens with zero attached hydrogens (tertiary/aromatic N) is 4. The molecule has 6 nitrogen and oxygen atoms in total. The van der Waals surface area contributed by atoms with Gasteiger partial charge in [-0.1, -0.05) is 18.2 Å². The van der Waals surface area contributed by atoms with E-state index in [-0.39, 0.29) is 18.1 Å². The van der Waals surface area contributed by atoms with Gasteiger partial charge in [0.05, 0.1) is 6.04 Å². The first-order chi connectivity index (χ1) is 15.3. The highest BCUT2D eigenvalue weighted by atomic mass is 16.5. The normalized spacial score (nSPS) is 22.0. The predicted octanol–water partition coefficient (Wildman–Crippen LogP) is 3.59. The summed E-state index contributed by atoms with van der Waals surface area (Å²) in [4.78, 5) is 25.5. The summed E-state index contributed by atoms with van der Waals surface area (Å²) in [6, 6.07) is 18.4. The maximum absolute atomic E-state index is 12.8. The third-order valence-electron chi connectivity index (χ3n) is 6.33. The number of aromatic nitrogens is 2. The zero-order chi connectivity index (χ0) is 21.0. The highest BCUT2D eigenvalue weighted by molar-refractivity contribution is 5.94. The van der Waals surface area contributed by atoms with Crippen LogP contribution >= 0.6 is 0 Å². The third-order valence-corrected chi connectivity index (χ3v) is 6.33. The zero-order valence-electron chi connectivity index (χ0n) is 17.4. The summed E-state index contributed by atoms with van der Waals surface area (Å²) in [6.45, 7) is 2.44. The van der Waals surface area contributed by atoms with Gasteiger partial charge < -0.3 is 9.64 Å². The second-order valence-electron chi connectivity index (χ2n) is 8.15. The van der Waals surface area contributed by atoms with Crippen LogP contribution in [0.15, 0.2) is 79.4 Å². The molecule has 2 saturated heterocycles. The van der Waals surface area contributed by atoms with Crippen LogP contribution in [-0.4, -0.2) is 57.5 Å². The largest absolute Gasteiger partial charge is 0.487 e. The van der Waals surface area contributed by atoms with Crippen LogP contribution in [0.5, 0.6) is 5.75 Å². The molecule has 0 bridgehead atoms. The van der Waals surface area contributed by atoms with Crippen LogP contribution in [0, 0.1) is 0 Å². The van der Waals surface area contributed by atoms with Gasteiger partial charge in [0.2, 0.25) is 0 Å². The van der Waals surface area contributed by atoms with E-state index in [1.54, 1.807) is 24.5 Å². The van der Waals surface area contributed by atoms with Crippen molar-refractivity contribution >= 4 is 5.91 Å². The van der Waals surface area contributed by atoms with Crippen molar-refractivity contribution in [1.82, 2.24) is 19.8 Å². The van der Waals surface area contributed by atoms with Gasteiger partial charge in [0.25, 0.3) is 5.91 Å². The van der Waals surface area contributed by atoms with E-state index < -0.39 is 0 Å². The zero-order valence-corrected chi connectivity index (χ0v) is 17.4. The number of hydrogen-bond acceptors (Lipinski definition) is 5. The average molecular weight is 415 g/mol. The van der Waals surface area contributed by atoms with Gasteiger partial charge in [-0.2, -0.15) is 0 Å². The standard InChI is InChI=1S/C25H26N4O2/c30-25(20-8-14-27-15-9-20)28-16-10-21(11-17-28)29-18-23(31-22-4-2-1-3-5-22)24(29)19-6-12-26-13-7-19/h1-9,12-15,21,23-24H,10-11,16-18H2/t23-,24-/m0/s1. The first kappa shape index (κ1) is 19.7. The molecular formula is C25H26N4O2. The van der Waals surface area contributed by atoms with E-state index in [1.807, 2.05) is 47.6 Å². The van der Waals surface area contributed by atoms with Crippen molar-refractivity contribution in [3.8, 4) is 5.75 Å². The topological polar surface area (TPSA) is 58.6 Å². The van der Waals surface area contributed by atoms with Crippen molar-refractivity contribution < 1.29 is 9.53 Å². The van der Waals surface area contributed by atoms with E-state index in [0.29, 0.717) is 11.6 Å². The molecule has 31 heavy (non-hydrogen) atoms. The number of rotatable bonds is 5. The minimum atomic E-state index is 0.0976. The highest BCUT2D eigenvalue weighted by Gasteiger charge is 2.46. The van der Waals surface area contributed by atoms with Crippen LogP contribution in [-0.2, 0) is 0 Å². The quantitative estimate of drug-likeness (QED) is 0.639. The third kappa shape index (κ3) is 4.16. The molecular weight excluding hydrogens is 388 g/mol. The number of hydrogen-bond donors (Lipinski definition) is 0. The fourth-order valence-electron chi connectivity index (χ4n) is 4.69. The molecule has 0 N–H and O–H groups in total. The number of likely N-dealkylation sites (tertiary alicyclic amines) is 2. The fraction of sp³-hybridized carbons (Fsp3) is 0.320. The van der Waals surface area contributed by atoms with E-state index >= 15 is 0 Å². The smallest absolute Gasteiger partial charge is 0.253 e. The summed E-state index contributed by atoms with van der Waals surface area (Å²) >= 11 is 0. The van der Waals surface area contributed by atoms with Gasteiger partial charge in [0.1, 0.15) is 11.9 Å². The number of carbonyl (C=O) groups excluding carboxylic acids is 1. The SMILES string of the molecule is O=C(c1ccncc1)N1CCC(N2C[C@H](Oc3ccccc3)[C@@H]2c2ccncc2)CC1. The van der Waals surface area contributed by atoms with Crippen LogP contribution in [0.3, 0.4) is 0 Å². The van der Waals surface area contributed by atoms with E-state index in [0.717, 1.165) is 38.2 Å². The Morgan fingerprint density at radius 2 is 1.52 bits per heavy atom. The minimum absolute atomic E-state index is 0.0976. The Bertz CT molecular complexity index is 992. The van der Waals surface area contributed by atoms with Gasteiger partial charge >= 0.3 is 0 Å². The number of piperidine rings is 1. The molecule has 158 valence electrons. The van der Waals surface area contributed by atoms with Gasteiger partial charge in [-0.3, -0.25) is 19.7 Å². The Labute approximate surface area is 182 Å². The van der Waals surface area contributed by atoms with Crippen molar-refractivity contribution in [2.45, 2.75) is 31.0 Å².